The SMILES string of the molecule is Cc1cc(C)c(-n2cc(C)c3c(C)cc(C)nc32)c(C)c1. The molecule has 0 N–H and O–H groups in total. The van der Waals surface area contributed by atoms with E-state index < -0.39 is 0 Å². The van der Waals surface area contributed by atoms with E-state index in [4.69, 9.17) is 4.98 Å². The van der Waals surface area contributed by atoms with Crippen molar-refractivity contribution >= 4 is 11.0 Å². The van der Waals surface area contributed by atoms with Gasteiger partial charge in [-0.25, -0.2) is 4.98 Å². The maximum atomic E-state index is 4.80. The highest BCUT2D eigenvalue weighted by atomic mass is 15.0. The summed E-state index contributed by atoms with van der Waals surface area (Å²) in [7, 11) is 0. The third-order valence-corrected chi connectivity index (χ3v) is 4.15. The van der Waals surface area contributed by atoms with Crippen molar-refractivity contribution in [3.05, 3.63) is 57.9 Å². The molecular formula is C19H22N2. The monoisotopic (exact) mass is 278 g/mol. The van der Waals surface area contributed by atoms with Crippen LogP contribution in [0.25, 0.3) is 16.7 Å². The third-order valence-electron chi connectivity index (χ3n) is 4.15. The van der Waals surface area contributed by atoms with Crippen LogP contribution < -0.4 is 0 Å². The summed E-state index contributed by atoms with van der Waals surface area (Å²) in [6.45, 7) is 12.9. The molecular weight excluding hydrogens is 256 g/mol. The molecule has 0 unspecified atom stereocenters. The quantitative estimate of drug-likeness (QED) is 0.620. The molecule has 0 aliphatic rings. The zero-order chi connectivity index (χ0) is 15.3. The predicted molar refractivity (Wildman–Crippen MR) is 89.5 cm³/mol. The van der Waals surface area contributed by atoms with Crippen LogP contribution in [0.15, 0.2) is 24.4 Å². The molecule has 2 heteroatoms. The molecule has 0 saturated carbocycles. The molecule has 0 aliphatic heterocycles. The summed E-state index contributed by atoms with van der Waals surface area (Å²) in [6.07, 6.45) is 2.22. The molecule has 3 aromatic rings. The summed E-state index contributed by atoms with van der Waals surface area (Å²) in [5.41, 5.74) is 9.89. The second kappa shape index (κ2) is 4.73. The van der Waals surface area contributed by atoms with Crippen LogP contribution >= 0.6 is 0 Å². The lowest BCUT2D eigenvalue weighted by Gasteiger charge is -2.14. The predicted octanol–water partition coefficient (Wildman–Crippen LogP) is 4.88. The van der Waals surface area contributed by atoms with E-state index in [2.05, 4.69) is 70.5 Å². The van der Waals surface area contributed by atoms with Crippen molar-refractivity contribution in [3.8, 4) is 5.69 Å². The van der Waals surface area contributed by atoms with Gasteiger partial charge in [-0.3, -0.25) is 0 Å². The molecule has 0 bridgehead atoms. The summed E-state index contributed by atoms with van der Waals surface area (Å²) in [6, 6.07) is 6.65. The smallest absolute Gasteiger partial charge is 0.145 e. The zero-order valence-corrected chi connectivity index (χ0v) is 13.7. The molecule has 21 heavy (non-hydrogen) atoms. The molecule has 0 radical (unpaired) electrons. The molecule has 2 aromatic heterocycles. The van der Waals surface area contributed by atoms with Crippen LogP contribution in [-0.2, 0) is 0 Å². The first-order valence-electron chi connectivity index (χ1n) is 7.42. The van der Waals surface area contributed by atoms with Gasteiger partial charge in [0.05, 0.1) is 5.69 Å². The first-order chi connectivity index (χ1) is 9.88. The minimum Gasteiger partial charge on any atom is -0.301 e. The topological polar surface area (TPSA) is 17.8 Å². The van der Waals surface area contributed by atoms with Gasteiger partial charge in [0.1, 0.15) is 5.65 Å². The normalized spacial score (nSPS) is 11.3. The molecule has 0 aliphatic carbocycles. The van der Waals surface area contributed by atoms with E-state index in [0.29, 0.717) is 0 Å². The maximum absolute atomic E-state index is 4.80. The van der Waals surface area contributed by atoms with Gasteiger partial charge in [-0.15, -0.1) is 0 Å². The van der Waals surface area contributed by atoms with Crippen LogP contribution in [0.5, 0.6) is 0 Å². The largest absolute Gasteiger partial charge is 0.301 e. The molecule has 0 saturated heterocycles. The van der Waals surface area contributed by atoms with Crippen LogP contribution in [0.1, 0.15) is 33.5 Å². The Morgan fingerprint density at radius 1 is 0.762 bits per heavy atom. The van der Waals surface area contributed by atoms with E-state index in [1.165, 1.54) is 38.9 Å². The molecule has 1 aromatic carbocycles. The fraction of sp³-hybridized carbons (Fsp3) is 0.316. The Morgan fingerprint density at radius 2 is 1.38 bits per heavy atom. The number of pyridine rings is 1. The minimum atomic E-state index is 1.07. The number of benzene rings is 1. The van der Waals surface area contributed by atoms with Crippen LogP contribution in [-0.4, -0.2) is 9.55 Å². The standard InChI is InChI=1S/C19H22N2/c1-11-7-13(3)18(14(4)8-11)21-10-15(5)17-12(2)9-16(6)20-19(17)21/h7-10H,1-6H3. The third kappa shape index (κ3) is 2.15. The van der Waals surface area contributed by atoms with Crippen LogP contribution in [0, 0.1) is 41.5 Å². The van der Waals surface area contributed by atoms with Gasteiger partial charge in [-0.2, -0.15) is 0 Å². The summed E-state index contributed by atoms with van der Waals surface area (Å²) in [5, 5.41) is 1.28. The van der Waals surface area contributed by atoms with Crippen molar-refractivity contribution in [1.82, 2.24) is 9.55 Å². The highest BCUT2D eigenvalue weighted by molar-refractivity contribution is 5.86. The van der Waals surface area contributed by atoms with Gasteiger partial charge >= 0.3 is 0 Å². The van der Waals surface area contributed by atoms with Crippen molar-refractivity contribution in [2.75, 3.05) is 0 Å². The van der Waals surface area contributed by atoms with Gasteiger partial charge in [-0.1, -0.05) is 17.7 Å². The Hall–Kier alpha value is -2.09. The van der Waals surface area contributed by atoms with E-state index in [9.17, 15) is 0 Å². The highest BCUT2D eigenvalue weighted by Gasteiger charge is 2.14. The van der Waals surface area contributed by atoms with Crippen LogP contribution in [0.2, 0.25) is 0 Å². The Balaban J connectivity index is 2.42. The molecule has 0 amide bonds. The molecule has 3 rings (SSSR count). The Bertz CT molecular complexity index is 831. The zero-order valence-electron chi connectivity index (χ0n) is 13.7. The van der Waals surface area contributed by atoms with Crippen molar-refractivity contribution in [2.24, 2.45) is 0 Å². The second-order valence-corrected chi connectivity index (χ2v) is 6.21. The lowest BCUT2D eigenvalue weighted by atomic mass is 10.0. The highest BCUT2D eigenvalue weighted by Crippen LogP contribution is 2.29. The molecule has 108 valence electrons. The average molecular weight is 278 g/mol. The van der Waals surface area contributed by atoms with E-state index >= 15 is 0 Å². The van der Waals surface area contributed by atoms with Gasteiger partial charge in [0, 0.05) is 17.3 Å². The van der Waals surface area contributed by atoms with E-state index in [1.54, 1.807) is 0 Å². The Kier molecular flexibility index (Phi) is 3.12. The number of nitrogens with zero attached hydrogens (tertiary/aromatic N) is 2. The summed E-state index contributed by atoms with van der Waals surface area (Å²) in [5.74, 6) is 0. The van der Waals surface area contributed by atoms with Crippen molar-refractivity contribution in [1.29, 1.82) is 0 Å². The fourth-order valence-corrected chi connectivity index (χ4v) is 3.52. The summed E-state index contributed by atoms with van der Waals surface area (Å²) >= 11 is 0. The lowest BCUT2D eigenvalue weighted by molar-refractivity contribution is 1.03. The summed E-state index contributed by atoms with van der Waals surface area (Å²) < 4.78 is 2.26. The number of fused-ring (bicyclic) bond motifs is 1. The molecule has 2 heterocycles. The summed E-state index contributed by atoms with van der Waals surface area (Å²) in [4.78, 5) is 4.80. The van der Waals surface area contributed by atoms with E-state index in [1.807, 2.05) is 0 Å². The first kappa shape index (κ1) is 13.9. The van der Waals surface area contributed by atoms with Gasteiger partial charge in [0.15, 0.2) is 0 Å². The van der Waals surface area contributed by atoms with Crippen molar-refractivity contribution in [2.45, 2.75) is 41.5 Å². The Morgan fingerprint density at radius 3 is 2.00 bits per heavy atom. The molecule has 0 spiro atoms. The number of rotatable bonds is 1. The van der Waals surface area contributed by atoms with Gasteiger partial charge in [-0.05, 0) is 69.9 Å². The van der Waals surface area contributed by atoms with Crippen molar-refractivity contribution < 1.29 is 0 Å². The number of aromatic nitrogens is 2. The maximum Gasteiger partial charge on any atom is 0.145 e. The Labute approximate surface area is 126 Å². The van der Waals surface area contributed by atoms with Gasteiger partial charge < -0.3 is 4.57 Å². The lowest BCUT2D eigenvalue weighted by Crippen LogP contribution is -2.01. The molecule has 0 atom stereocenters. The minimum absolute atomic E-state index is 1.07. The van der Waals surface area contributed by atoms with E-state index in [-0.39, 0.29) is 0 Å². The first-order valence-corrected chi connectivity index (χ1v) is 7.42. The second-order valence-electron chi connectivity index (χ2n) is 6.21. The van der Waals surface area contributed by atoms with Crippen molar-refractivity contribution in [3.63, 3.8) is 0 Å². The van der Waals surface area contributed by atoms with Crippen LogP contribution in [0.4, 0.5) is 0 Å². The fourth-order valence-electron chi connectivity index (χ4n) is 3.52. The van der Waals surface area contributed by atoms with Gasteiger partial charge in [0.2, 0.25) is 0 Å². The van der Waals surface area contributed by atoms with Crippen LogP contribution in [0.3, 0.4) is 0 Å². The average Bonchev–Trinajstić information content (AvgIpc) is 2.65. The number of hydrogen-bond acceptors (Lipinski definition) is 1. The number of aryl methyl sites for hydroxylation is 6. The molecule has 2 nitrogen and oxygen atoms in total. The molecule has 0 fully saturated rings. The van der Waals surface area contributed by atoms with E-state index in [0.717, 1.165) is 11.3 Å². The number of hydrogen-bond donors (Lipinski definition) is 0. The van der Waals surface area contributed by atoms with Gasteiger partial charge in [0.25, 0.3) is 0 Å².